The molecule has 0 saturated carbocycles. The van der Waals surface area contributed by atoms with Gasteiger partial charge in [0.1, 0.15) is 5.82 Å². The molecule has 84 valence electrons. The van der Waals surface area contributed by atoms with Crippen LogP contribution in [0.4, 0.5) is 4.39 Å². The third-order valence-electron chi connectivity index (χ3n) is 2.31. The molecular formula is C12H12ClFN2. The van der Waals surface area contributed by atoms with Crippen LogP contribution in [-0.2, 0) is 6.42 Å². The van der Waals surface area contributed by atoms with E-state index in [1.54, 1.807) is 6.07 Å². The number of nitrogens with zero attached hydrogens (tertiary/aromatic N) is 2. The van der Waals surface area contributed by atoms with Crippen LogP contribution in [0.3, 0.4) is 0 Å². The Morgan fingerprint density at radius 3 is 2.75 bits per heavy atom. The van der Waals surface area contributed by atoms with Crippen molar-refractivity contribution in [3.05, 3.63) is 35.0 Å². The van der Waals surface area contributed by atoms with Crippen LogP contribution in [0.2, 0.25) is 5.28 Å². The van der Waals surface area contributed by atoms with Crippen LogP contribution in [0.15, 0.2) is 18.2 Å². The van der Waals surface area contributed by atoms with Gasteiger partial charge in [-0.1, -0.05) is 13.8 Å². The molecular weight excluding hydrogens is 227 g/mol. The molecule has 0 bridgehead atoms. The van der Waals surface area contributed by atoms with Gasteiger partial charge in [-0.25, -0.2) is 14.4 Å². The van der Waals surface area contributed by atoms with E-state index in [2.05, 4.69) is 23.8 Å². The Hall–Kier alpha value is -1.22. The van der Waals surface area contributed by atoms with Crippen molar-refractivity contribution in [3.63, 3.8) is 0 Å². The molecule has 0 aliphatic rings. The van der Waals surface area contributed by atoms with E-state index in [1.807, 2.05) is 0 Å². The molecule has 4 heteroatoms. The van der Waals surface area contributed by atoms with Crippen LogP contribution >= 0.6 is 11.6 Å². The number of hydrogen-bond acceptors (Lipinski definition) is 2. The van der Waals surface area contributed by atoms with Gasteiger partial charge in [-0.05, 0) is 36.1 Å². The first kappa shape index (κ1) is 11.3. The van der Waals surface area contributed by atoms with Crippen LogP contribution in [0.1, 0.15) is 19.5 Å². The molecule has 2 rings (SSSR count). The lowest BCUT2D eigenvalue weighted by Crippen LogP contribution is -2.00. The average molecular weight is 239 g/mol. The highest BCUT2D eigenvalue weighted by Crippen LogP contribution is 2.21. The van der Waals surface area contributed by atoms with Crippen LogP contribution in [0.5, 0.6) is 0 Å². The second kappa shape index (κ2) is 4.34. The van der Waals surface area contributed by atoms with Crippen LogP contribution < -0.4 is 0 Å². The van der Waals surface area contributed by atoms with Crippen LogP contribution in [0, 0.1) is 11.7 Å². The van der Waals surface area contributed by atoms with E-state index in [-0.39, 0.29) is 11.1 Å². The number of benzene rings is 1. The molecule has 0 fully saturated rings. The minimum absolute atomic E-state index is 0.175. The Morgan fingerprint density at radius 1 is 1.31 bits per heavy atom. The highest BCUT2D eigenvalue weighted by Gasteiger charge is 2.09. The first-order chi connectivity index (χ1) is 7.56. The Morgan fingerprint density at radius 2 is 2.06 bits per heavy atom. The summed E-state index contributed by atoms with van der Waals surface area (Å²) < 4.78 is 13.1. The highest BCUT2D eigenvalue weighted by atomic mass is 35.5. The summed E-state index contributed by atoms with van der Waals surface area (Å²) in [5.74, 6) is 0.164. The van der Waals surface area contributed by atoms with Crippen molar-refractivity contribution in [1.82, 2.24) is 9.97 Å². The Labute approximate surface area is 98.5 Å². The molecule has 0 aliphatic heterocycles. The molecule has 2 nitrogen and oxygen atoms in total. The molecule has 0 aliphatic carbocycles. The van der Waals surface area contributed by atoms with Gasteiger partial charge in [0.05, 0.1) is 11.2 Å². The third kappa shape index (κ3) is 2.30. The monoisotopic (exact) mass is 238 g/mol. The number of hydrogen-bond donors (Lipinski definition) is 0. The summed E-state index contributed by atoms with van der Waals surface area (Å²) in [5.41, 5.74) is 1.45. The van der Waals surface area contributed by atoms with Gasteiger partial charge >= 0.3 is 0 Å². The van der Waals surface area contributed by atoms with Gasteiger partial charge in [-0.3, -0.25) is 0 Å². The van der Waals surface area contributed by atoms with E-state index < -0.39 is 0 Å². The molecule has 0 unspecified atom stereocenters. The van der Waals surface area contributed by atoms with Crippen molar-refractivity contribution in [1.29, 1.82) is 0 Å². The molecule has 1 aromatic carbocycles. The number of halogens is 2. The fourth-order valence-electron chi connectivity index (χ4n) is 1.68. The zero-order valence-electron chi connectivity index (χ0n) is 9.17. The molecule has 1 heterocycles. The zero-order chi connectivity index (χ0) is 11.7. The molecule has 16 heavy (non-hydrogen) atoms. The molecule has 0 N–H and O–H groups in total. The van der Waals surface area contributed by atoms with E-state index in [0.717, 1.165) is 17.5 Å². The largest absolute Gasteiger partial charge is 0.223 e. The second-order valence-corrected chi connectivity index (χ2v) is 4.54. The van der Waals surface area contributed by atoms with E-state index in [4.69, 9.17) is 11.6 Å². The second-order valence-electron chi connectivity index (χ2n) is 4.20. The normalized spacial score (nSPS) is 11.3. The van der Waals surface area contributed by atoms with Gasteiger partial charge in [-0.15, -0.1) is 0 Å². The summed E-state index contributed by atoms with van der Waals surface area (Å²) in [6.07, 6.45) is 0.810. The van der Waals surface area contributed by atoms with Crippen molar-refractivity contribution in [3.8, 4) is 0 Å². The Balaban J connectivity index is 2.63. The van der Waals surface area contributed by atoms with E-state index in [9.17, 15) is 4.39 Å². The van der Waals surface area contributed by atoms with Crippen molar-refractivity contribution < 1.29 is 4.39 Å². The van der Waals surface area contributed by atoms with Gasteiger partial charge < -0.3 is 0 Å². The first-order valence-corrected chi connectivity index (χ1v) is 5.55. The van der Waals surface area contributed by atoms with Crippen LogP contribution in [0.25, 0.3) is 10.9 Å². The number of aromatic nitrogens is 2. The lowest BCUT2D eigenvalue weighted by atomic mass is 10.0. The van der Waals surface area contributed by atoms with Crippen molar-refractivity contribution in [2.75, 3.05) is 0 Å². The SMILES string of the molecule is CC(C)Cc1nc(Cl)nc2cc(F)ccc12. The standard InChI is InChI=1S/C12H12ClFN2/c1-7(2)5-10-9-4-3-8(14)6-11(9)16-12(13)15-10/h3-4,6-7H,5H2,1-2H3. The topological polar surface area (TPSA) is 25.8 Å². The fraction of sp³-hybridized carbons (Fsp3) is 0.333. The lowest BCUT2D eigenvalue weighted by molar-refractivity contribution is 0.628. The summed E-state index contributed by atoms with van der Waals surface area (Å²) in [7, 11) is 0. The predicted molar refractivity (Wildman–Crippen MR) is 63.0 cm³/mol. The quantitative estimate of drug-likeness (QED) is 0.747. The summed E-state index contributed by atoms with van der Waals surface area (Å²) >= 11 is 5.81. The molecule has 0 saturated heterocycles. The van der Waals surface area contributed by atoms with Crippen molar-refractivity contribution >= 4 is 22.5 Å². The van der Waals surface area contributed by atoms with Gasteiger partial charge in [0.25, 0.3) is 0 Å². The summed E-state index contributed by atoms with van der Waals surface area (Å²) in [5, 5.41) is 1.05. The minimum atomic E-state index is -0.308. The predicted octanol–water partition coefficient (Wildman–Crippen LogP) is 3.62. The van der Waals surface area contributed by atoms with Gasteiger partial charge in [-0.2, -0.15) is 0 Å². The molecule has 0 atom stereocenters. The lowest BCUT2D eigenvalue weighted by Gasteiger charge is -2.08. The summed E-state index contributed by atoms with van der Waals surface area (Å²) in [6, 6.07) is 4.51. The summed E-state index contributed by atoms with van der Waals surface area (Å²) in [4.78, 5) is 8.22. The number of rotatable bonds is 2. The Bertz CT molecular complexity index is 520. The maximum absolute atomic E-state index is 13.1. The smallest absolute Gasteiger partial charge is 0.222 e. The van der Waals surface area contributed by atoms with E-state index >= 15 is 0 Å². The van der Waals surface area contributed by atoms with Gasteiger partial charge in [0.15, 0.2) is 0 Å². The number of fused-ring (bicyclic) bond motifs is 1. The van der Waals surface area contributed by atoms with Crippen molar-refractivity contribution in [2.24, 2.45) is 5.92 Å². The minimum Gasteiger partial charge on any atom is -0.222 e. The van der Waals surface area contributed by atoms with E-state index in [0.29, 0.717) is 11.4 Å². The molecule has 0 spiro atoms. The average Bonchev–Trinajstić information content (AvgIpc) is 2.15. The molecule has 0 radical (unpaired) electrons. The van der Waals surface area contributed by atoms with Crippen LogP contribution in [-0.4, -0.2) is 9.97 Å². The van der Waals surface area contributed by atoms with Gasteiger partial charge in [0.2, 0.25) is 5.28 Å². The maximum Gasteiger partial charge on any atom is 0.223 e. The molecule has 2 aromatic rings. The fourth-order valence-corrected chi connectivity index (χ4v) is 1.87. The van der Waals surface area contributed by atoms with E-state index in [1.165, 1.54) is 12.1 Å². The summed E-state index contributed by atoms with van der Waals surface area (Å²) in [6.45, 7) is 4.21. The zero-order valence-corrected chi connectivity index (χ0v) is 9.92. The Kier molecular flexibility index (Phi) is 3.06. The first-order valence-electron chi connectivity index (χ1n) is 5.18. The maximum atomic E-state index is 13.1. The van der Waals surface area contributed by atoms with Gasteiger partial charge in [0, 0.05) is 11.5 Å². The molecule has 0 amide bonds. The highest BCUT2D eigenvalue weighted by molar-refractivity contribution is 6.28. The third-order valence-corrected chi connectivity index (χ3v) is 2.48. The molecule has 1 aromatic heterocycles. The van der Waals surface area contributed by atoms with Crippen molar-refractivity contribution in [2.45, 2.75) is 20.3 Å².